The molecule has 17 heavy (non-hydrogen) atoms. The third-order valence-corrected chi connectivity index (χ3v) is 5.11. The molecule has 1 aromatic carbocycles. The summed E-state index contributed by atoms with van der Waals surface area (Å²) in [6, 6.07) is 6.03. The van der Waals surface area contributed by atoms with E-state index in [0.29, 0.717) is 11.4 Å². The topological polar surface area (TPSA) is 57.6 Å². The van der Waals surface area contributed by atoms with Crippen molar-refractivity contribution in [3.8, 4) is 0 Å². The molecule has 1 saturated heterocycles. The Morgan fingerprint density at radius 1 is 1.35 bits per heavy atom. The highest BCUT2D eigenvalue weighted by Gasteiger charge is 2.45. The van der Waals surface area contributed by atoms with Crippen LogP contribution in [0.1, 0.15) is 13.3 Å². The molecule has 4 nitrogen and oxygen atoms in total. The lowest BCUT2D eigenvalue weighted by molar-refractivity contribution is -0.0613. The number of halogens is 1. The van der Waals surface area contributed by atoms with Crippen molar-refractivity contribution in [3.05, 3.63) is 29.3 Å². The largest absolute Gasteiger partial charge is 0.387 e. The number of hydrogen-bond acceptors (Lipinski definition) is 3. The van der Waals surface area contributed by atoms with E-state index in [4.69, 9.17) is 11.6 Å². The van der Waals surface area contributed by atoms with Crippen molar-refractivity contribution in [1.29, 1.82) is 0 Å². The predicted molar refractivity (Wildman–Crippen MR) is 65.5 cm³/mol. The molecule has 94 valence electrons. The summed E-state index contributed by atoms with van der Waals surface area (Å²) in [4.78, 5) is 0.208. The van der Waals surface area contributed by atoms with Crippen LogP contribution in [0.2, 0.25) is 5.02 Å². The molecule has 0 amide bonds. The second-order valence-corrected chi connectivity index (χ2v) is 6.68. The first-order valence-corrected chi connectivity index (χ1v) is 7.17. The highest BCUT2D eigenvalue weighted by Crippen LogP contribution is 2.30. The molecule has 0 radical (unpaired) electrons. The van der Waals surface area contributed by atoms with Gasteiger partial charge in [-0.25, -0.2) is 8.42 Å². The lowest BCUT2D eigenvalue weighted by Gasteiger charge is -2.44. The summed E-state index contributed by atoms with van der Waals surface area (Å²) in [6.45, 7) is 2.16. The SMILES string of the molecule is CCC1(O)CN(S(=O)(=O)c2ccc(Cl)cc2)C1. The fraction of sp³-hybridized carbons (Fsp3) is 0.455. The Morgan fingerprint density at radius 2 is 1.88 bits per heavy atom. The van der Waals surface area contributed by atoms with Crippen LogP contribution < -0.4 is 0 Å². The number of rotatable bonds is 3. The molecule has 1 aliphatic heterocycles. The first kappa shape index (κ1) is 12.8. The standard InChI is InChI=1S/C11H14ClNO3S/c1-2-11(14)7-13(8-11)17(15,16)10-5-3-9(12)4-6-10/h3-6,14H,2,7-8H2,1H3. The maximum Gasteiger partial charge on any atom is 0.243 e. The van der Waals surface area contributed by atoms with Crippen LogP contribution >= 0.6 is 11.6 Å². The molecule has 6 heteroatoms. The van der Waals surface area contributed by atoms with Crippen molar-refractivity contribution >= 4 is 21.6 Å². The third kappa shape index (κ3) is 2.33. The number of nitrogens with zero attached hydrogens (tertiary/aromatic N) is 1. The average Bonchev–Trinajstić information content (AvgIpc) is 2.25. The second-order valence-electron chi connectivity index (χ2n) is 4.30. The zero-order chi connectivity index (χ0) is 12.7. The fourth-order valence-corrected chi connectivity index (χ4v) is 3.48. The number of hydrogen-bond donors (Lipinski definition) is 1. The number of β-amino-alcohol motifs (C(OH)–C–C–N with tert-alkyl or cyclic N) is 1. The van der Waals surface area contributed by atoms with Crippen molar-refractivity contribution in [2.24, 2.45) is 0 Å². The van der Waals surface area contributed by atoms with Crippen LogP contribution in [0.25, 0.3) is 0 Å². The molecule has 1 aromatic rings. The first-order valence-electron chi connectivity index (χ1n) is 5.35. The summed E-state index contributed by atoms with van der Waals surface area (Å²) >= 11 is 5.71. The molecule has 2 rings (SSSR count). The van der Waals surface area contributed by atoms with Gasteiger partial charge in [0.2, 0.25) is 10.0 Å². The molecular weight excluding hydrogens is 262 g/mol. The van der Waals surface area contributed by atoms with Gasteiger partial charge in [0.15, 0.2) is 0 Å². The number of sulfonamides is 1. The van der Waals surface area contributed by atoms with E-state index in [1.165, 1.54) is 16.4 Å². The molecule has 1 N–H and O–H groups in total. The zero-order valence-corrected chi connectivity index (χ0v) is 11.0. The molecule has 1 aliphatic rings. The van der Waals surface area contributed by atoms with Crippen LogP contribution in [0.3, 0.4) is 0 Å². The van der Waals surface area contributed by atoms with Crippen molar-refractivity contribution in [2.75, 3.05) is 13.1 Å². The van der Waals surface area contributed by atoms with Gasteiger partial charge in [0, 0.05) is 18.1 Å². The summed E-state index contributed by atoms with van der Waals surface area (Å²) < 4.78 is 25.5. The van der Waals surface area contributed by atoms with Crippen molar-refractivity contribution in [3.63, 3.8) is 0 Å². The quantitative estimate of drug-likeness (QED) is 0.909. The molecule has 0 aromatic heterocycles. The van der Waals surface area contributed by atoms with Gasteiger partial charge in [0.1, 0.15) is 0 Å². The van der Waals surface area contributed by atoms with Crippen LogP contribution in [0, 0.1) is 0 Å². The monoisotopic (exact) mass is 275 g/mol. The zero-order valence-electron chi connectivity index (χ0n) is 9.43. The Kier molecular flexibility index (Phi) is 3.20. The van der Waals surface area contributed by atoms with Gasteiger partial charge in [0.25, 0.3) is 0 Å². The maximum absolute atomic E-state index is 12.1. The molecule has 1 heterocycles. The Hall–Kier alpha value is -0.620. The van der Waals surface area contributed by atoms with Crippen molar-refractivity contribution in [1.82, 2.24) is 4.31 Å². The normalized spacial score (nSPS) is 19.9. The van der Waals surface area contributed by atoms with Gasteiger partial charge in [0.05, 0.1) is 10.5 Å². The summed E-state index contributed by atoms with van der Waals surface area (Å²) in [5.74, 6) is 0. The van der Waals surface area contributed by atoms with Crippen LogP contribution in [-0.2, 0) is 10.0 Å². The van der Waals surface area contributed by atoms with Gasteiger partial charge in [-0.1, -0.05) is 18.5 Å². The lowest BCUT2D eigenvalue weighted by Crippen LogP contribution is -2.62. The number of aliphatic hydroxyl groups is 1. The van der Waals surface area contributed by atoms with E-state index in [0.717, 1.165) is 0 Å². The van der Waals surface area contributed by atoms with E-state index in [9.17, 15) is 13.5 Å². The molecule has 0 unspecified atom stereocenters. The van der Waals surface area contributed by atoms with Gasteiger partial charge in [-0.3, -0.25) is 0 Å². The van der Waals surface area contributed by atoms with Gasteiger partial charge in [-0.15, -0.1) is 0 Å². The number of benzene rings is 1. The Labute approximate surface area is 106 Å². The molecule has 0 aliphatic carbocycles. The molecule has 0 spiro atoms. The van der Waals surface area contributed by atoms with Gasteiger partial charge in [-0.05, 0) is 30.7 Å². The fourth-order valence-electron chi connectivity index (χ4n) is 1.76. The minimum Gasteiger partial charge on any atom is -0.387 e. The van der Waals surface area contributed by atoms with E-state index < -0.39 is 15.6 Å². The second kappa shape index (κ2) is 4.24. The van der Waals surface area contributed by atoms with Gasteiger partial charge < -0.3 is 5.11 Å². The minimum absolute atomic E-state index is 0.161. The molecular formula is C11H14ClNO3S. The smallest absolute Gasteiger partial charge is 0.243 e. The van der Waals surface area contributed by atoms with Crippen LogP contribution in [0.15, 0.2) is 29.2 Å². The molecule has 0 bridgehead atoms. The molecule has 0 atom stereocenters. The Balaban J connectivity index is 2.19. The summed E-state index contributed by atoms with van der Waals surface area (Å²) in [5, 5.41) is 10.3. The summed E-state index contributed by atoms with van der Waals surface area (Å²) in [6.07, 6.45) is 0.555. The van der Waals surface area contributed by atoms with Gasteiger partial charge in [-0.2, -0.15) is 4.31 Å². The average molecular weight is 276 g/mol. The van der Waals surface area contributed by atoms with Gasteiger partial charge >= 0.3 is 0 Å². The highest BCUT2D eigenvalue weighted by molar-refractivity contribution is 7.89. The third-order valence-electron chi connectivity index (χ3n) is 3.05. The summed E-state index contributed by atoms with van der Waals surface area (Å²) in [7, 11) is -3.49. The van der Waals surface area contributed by atoms with E-state index in [2.05, 4.69) is 0 Å². The maximum atomic E-state index is 12.1. The highest BCUT2D eigenvalue weighted by atomic mass is 35.5. The van der Waals surface area contributed by atoms with E-state index in [1.807, 2.05) is 6.92 Å². The van der Waals surface area contributed by atoms with Crippen LogP contribution in [0.5, 0.6) is 0 Å². The van der Waals surface area contributed by atoms with E-state index in [-0.39, 0.29) is 18.0 Å². The van der Waals surface area contributed by atoms with E-state index >= 15 is 0 Å². The van der Waals surface area contributed by atoms with E-state index in [1.54, 1.807) is 12.1 Å². The Bertz CT molecular complexity index is 506. The van der Waals surface area contributed by atoms with Crippen LogP contribution in [-0.4, -0.2) is 36.5 Å². The lowest BCUT2D eigenvalue weighted by atomic mass is 9.94. The Morgan fingerprint density at radius 3 is 2.35 bits per heavy atom. The molecule has 1 fully saturated rings. The molecule has 0 saturated carbocycles. The minimum atomic E-state index is -3.49. The predicted octanol–water partition coefficient (Wildman–Crippen LogP) is 1.49. The first-order chi connectivity index (χ1) is 7.87. The summed E-state index contributed by atoms with van der Waals surface area (Å²) in [5.41, 5.74) is -0.862. The van der Waals surface area contributed by atoms with Crippen molar-refractivity contribution < 1.29 is 13.5 Å². The van der Waals surface area contributed by atoms with Crippen LogP contribution in [0.4, 0.5) is 0 Å². The van der Waals surface area contributed by atoms with Crippen molar-refractivity contribution in [2.45, 2.75) is 23.8 Å².